The number of rotatable bonds is 0. The summed E-state index contributed by atoms with van der Waals surface area (Å²) in [6, 6.07) is 6.03. The summed E-state index contributed by atoms with van der Waals surface area (Å²) < 4.78 is 1.08. The summed E-state index contributed by atoms with van der Waals surface area (Å²) in [4.78, 5) is 0. The molecule has 3 heteroatoms. The summed E-state index contributed by atoms with van der Waals surface area (Å²) in [5, 5.41) is 10.1. The van der Waals surface area contributed by atoms with Gasteiger partial charge in [-0.1, -0.05) is 41.9 Å². The van der Waals surface area contributed by atoms with Gasteiger partial charge in [-0.2, -0.15) is 10.2 Å². The minimum absolute atomic E-state index is 0.958. The molecule has 0 amide bonds. The van der Waals surface area contributed by atoms with Crippen LogP contribution in [0.15, 0.2) is 28.9 Å². The van der Waals surface area contributed by atoms with Crippen LogP contribution >= 0.6 is 15.9 Å². The second-order valence-corrected chi connectivity index (χ2v) is 3.49. The van der Waals surface area contributed by atoms with Crippen molar-refractivity contribution < 1.29 is 0 Å². The summed E-state index contributed by atoms with van der Waals surface area (Å²) in [6.45, 7) is 5.96. The van der Waals surface area contributed by atoms with Crippen LogP contribution in [0.1, 0.15) is 19.5 Å². The third-order valence-corrected chi connectivity index (χ3v) is 2.47. The average molecular weight is 253 g/mol. The molecule has 0 aliphatic carbocycles. The number of fused-ring (bicyclic) bond motifs is 1. The van der Waals surface area contributed by atoms with Crippen molar-refractivity contribution in [2.24, 2.45) is 0 Å². The molecule has 0 aliphatic rings. The number of nitrogens with zero attached hydrogens (tertiary/aromatic N) is 2. The van der Waals surface area contributed by atoms with Gasteiger partial charge in [-0.3, -0.25) is 0 Å². The Labute approximate surface area is 92.5 Å². The molecule has 0 atom stereocenters. The standard InChI is InChI=1S/C9H7BrN2.C2H6/c1-6-9-7(5-11-12-6)3-2-4-8(9)10;1-2/h2-5H,1H3;1-2H3. The predicted octanol–water partition coefficient (Wildman–Crippen LogP) is 3.73. The largest absolute Gasteiger partial charge is 0.158 e. The van der Waals surface area contributed by atoms with E-state index in [1.54, 1.807) is 6.20 Å². The lowest BCUT2D eigenvalue weighted by Crippen LogP contribution is -1.87. The van der Waals surface area contributed by atoms with Crippen LogP contribution in [0.5, 0.6) is 0 Å². The van der Waals surface area contributed by atoms with Gasteiger partial charge in [-0.05, 0) is 13.0 Å². The Balaban J connectivity index is 0.000000461. The molecule has 1 aromatic carbocycles. The van der Waals surface area contributed by atoms with E-state index in [9.17, 15) is 0 Å². The van der Waals surface area contributed by atoms with E-state index in [0.717, 1.165) is 20.9 Å². The van der Waals surface area contributed by atoms with Crippen molar-refractivity contribution in [3.8, 4) is 0 Å². The van der Waals surface area contributed by atoms with E-state index in [-0.39, 0.29) is 0 Å². The molecule has 1 aromatic heterocycles. The third kappa shape index (κ3) is 2.10. The Morgan fingerprint density at radius 2 is 1.93 bits per heavy atom. The van der Waals surface area contributed by atoms with E-state index in [1.807, 2.05) is 39.0 Å². The first kappa shape index (κ1) is 11.1. The van der Waals surface area contributed by atoms with Gasteiger partial charge in [-0.25, -0.2) is 0 Å². The van der Waals surface area contributed by atoms with E-state index in [1.165, 1.54) is 0 Å². The predicted molar refractivity (Wildman–Crippen MR) is 63.3 cm³/mol. The Kier molecular flexibility index (Phi) is 4.01. The maximum absolute atomic E-state index is 3.99. The van der Waals surface area contributed by atoms with Crippen LogP contribution < -0.4 is 0 Å². The highest BCUT2D eigenvalue weighted by Crippen LogP contribution is 2.24. The molecule has 2 rings (SSSR count). The second kappa shape index (κ2) is 5.05. The van der Waals surface area contributed by atoms with Crippen LogP contribution in [0.3, 0.4) is 0 Å². The molecule has 0 saturated carbocycles. The van der Waals surface area contributed by atoms with Gasteiger partial charge in [0.1, 0.15) is 0 Å². The Morgan fingerprint density at radius 3 is 2.57 bits per heavy atom. The zero-order valence-corrected chi connectivity index (χ0v) is 10.2. The highest BCUT2D eigenvalue weighted by molar-refractivity contribution is 9.10. The number of benzene rings is 1. The third-order valence-electron chi connectivity index (χ3n) is 1.81. The van der Waals surface area contributed by atoms with E-state index >= 15 is 0 Å². The fourth-order valence-electron chi connectivity index (χ4n) is 1.26. The van der Waals surface area contributed by atoms with Crippen LogP contribution in [0.2, 0.25) is 0 Å². The topological polar surface area (TPSA) is 25.8 Å². The fraction of sp³-hybridized carbons (Fsp3) is 0.273. The minimum Gasteiger partial charge on any atom is -0.158 e. The molecule has 0 bridgehead atoms. The van der Waals surface area contributed by atoms with Crippen LogP contribution in [0, 0.1) is 6.92 Å². The van der Waals surface area contributed by atoms with Crippen molar-refractivity contribution in [1.29, 1.82) is 0 Å². The smallest absolute Gasteiger partial charge is 0.0689 e. The van der Waals surface area contributed by atoms with Crippen molar-refractivity contribution in [3.63, 3.8) is 0 Å². The molecule has 14 heavy (non-hydrogen) atoms. The molecule has 2 aromatic rings. The van der Waals surface area contributed by atoms with Crippen LogP contribution in [-0.2, 0) is 0 Å². The van der Waals surface area contributed by atoms with E-state index in [2.05, 4.69) is 26.1 Å². The van der Waals surface area contributed by atoms with E-state index in [0.29, 0.717) is 0 Å². The van der Waals surface area contributed by atoms with E-state index < -0.39 is 0 Å². The van der Waals surface area contributed by atoms with Crippen LogP contribution in [0.25, 0.3) is 10.8 Å². The first-order valence-corrected chi connectivity index (χ1v) is 5.45. The summed E-state index contributed by atoms with van der Waals surface area (Å²) in [7, 11) is 0. The van der Waals surface area contributed by atoms with Gasteiger partial charge in [0.05, 0.1) is 11.9 Å². The fourth-order valence-corrected chi connectivity index (χ4v) is 1.93. The first-order valence-electron chi connectivity index (χ1n) is 4.65. The van der Waals surface area contributed by atoms with Gasteiger partial charge < -0.3 is 0 Å². The molecular formula is C11H13BrN2. The van der Waals surface area contributed by atoms with E-state index in [4.69, 9.17) is 0 Å². The molecule has 0 N–H and O–H groups in total. The van der Waals surface area contributed by atoms with Gasteiger partial charge in [0.25, 0.3) is 0 Å². The number of halogens is 1. The monoisotopic (exact) mass is 252 g/mol. The van der Waals surface area contributed by atoms with Gasteiger partial charge in [0, 0.05) is 15.2 Å². The van der Waals surface area contributed by atoms with Crippen LogP contribution in [-0.4, -0.2) is 10.2 Å². The van der Waals surface area contributed by atoms with Gasteiger partial charge in [-0.15, -0.1) is 0 Å². The number of hydrogen-bond donors (Lipinski definition) is 0. The van der Waals surface area contributed by atoms with Crippen LogP contribution in [0.4, 0.5) is 0 Å². The molecule has 0 aliphatic heterocycles. The number of hydrogen-bond acceptors (Lipinski definition) is 2. The van der Waals surface area contributed by atoms with Crippen molar-refractivity contribution in [1.82, 2.24) is 10.2 Å². The van der Waals surface area contributed by atoms with Crippen molar-refractivity contribution in [3.05, 3.63) is 34.6 Å². The molecule has 0 fully saturated rings. The first-order chi connectivity index (χ1) is 6.79. The SMILES string of the molecule is CC.Cc1nncc2cccc(Br)c12. The zero-order valence-electron chi connectivity index (χ0n) is 8.58. The molecule has 0 radical (unpaired) electrons. The molecule has 0 saturated heterocycles. The van der Waals surface area contributed by atoms with Gasteiger partial charge in [0.15, 0.2) is 0 Å². The Morgan fingerprint density at radius 1 is 1.21 bits per heavy atom. The summed E-state index contributed by atoms with van der Waals surface area (Å²) in [6.07, 6.45) is 1.77. The lowest BCUT2D eigenvalue weighted by atomic mass is 10.1. The van der Waals surface area contributed by atoms with Crippen molar-refractivity contribution in [2.75, 3.05) is 0 Å². The number of aromatic nitrogens is 2. The number of aryl methyl sites for hydroxylation is 1. The van der Waals surface area contributed by atoms with Gasteiger partial charge >= 0.3 is 0 Å². The Bertz CT molecular complexity index is 390. The average Bonchev–Trinajstić information content (AvgIpc) is 2.21. The summed E-state index contributed by atoms with van der Waals surface area (Å²) >= 11 is 3.48. The molecule has 0 spiro atoms. The van der Waals surface area contributed by atoms with Gasteiger partial charge in [0.2, 0.25) is 0 Å². The minimum atomic E-state index is 0.958. The maximum Gasteiger partial charge on any atom is 0.0689 e. The lowest BCUT2D eigenvalue weighted by Gasteiger charge is -2.00. The zero-order chi connectivity index (χ0) is 10.6. The lowest BCUT2D eigenvalue weighted by molar-refractivity contribution is 1.00. The molecule has 1 heterocycles. The Hall–Kier alpha value is -0.960. The molecule has 2 nitrogen and oxygen atoms in total. The van der Waals surface area contributed by atoms with Crippen molar-refractivity contribution >= 4 is 26.7 Å². The molecular weight excluding hydrogens is 240 g/mol. The highest BCUT2D eigenvalue weighted by atomic mass is 79.9. The normalized spacial score (nSPS) is 9.43. The highest BCUT2D eigenvalue weighted by Gasteiger charge is 2.01. The molecule has 0 unspecified atom stereocenters. The summed E-state index contributed by atoms with van der Waals surface area (Å²) in [5.74, 6) is 0. The second-order valence-electron chi connectivity index (χ2n) is 2.63. The summed E-state index contributed by atoms with van der Waals surface area (Å²) in [5.41, 5.74) is 0.958. The molecule has 74 valence electrons. The quantitative estimate of drug-likeness (QED) is 0.714. The maximum atomic E-state index is 3.99. The van der Waals surface area contributed by atoms with Crippen molar-refractivity contribution in [2.45, 2.75) is 20.8 Å².